The van der Waals surface area contributed by atoms with Gasteiger partial charge in [0.15, 0.2) is 0 Å². The molecule has 2 aliphatic heterocycles. The molecule has 2 saturated heterocycles. The molecule has 0 bridgehead atoms. The van der Waals surface area contributed by atoms with Crippen molar-refractivity contribution in [3.63, 3.8) is 0 Å². The average molecular weight is 333 g/mol. The van der Waals surface area contributed by atoms with E-state index in [1.165, 1.54) is 5.01 Å². The summed E-state index contributed by atoms with van der Waals surface area (Å²) in [6, 6.07) is 0.393. The van der Waals surface area contributed by atoms with Gasteiger partial charge >= 0.3 is 0 Å². The Morgan fingerprint density at radius 2 is 2.30 bits per heavy atom. The molecule has 2 aromatic rings. The number of nitrogens with zero attached hydrogens (tertiary/aromatic N) is 4. The standard InChI is InChI=1S/C16H23N5OS/c1-20-10-14(9-18-20)19-13-8-16(22-12-13)2-5-21(6-3-16)11-15-17-4-7-23-15/h4,7,9-10,13,19H,2-3,5-6,8,11-12H2,1H3. The smallest absolute Gasteiger partial charge is 0.107 e. The highest BCUT2D eigenvalue weighted by Crippen LogP contribution is 2.37. The van der Waals surface area contributed by atoms with Crippen molar-refractivity contribution in [3.8, 4) is 0 Å². The highest BCUT2D eigenvalue weighted by Gasteiger charge is 2.42. The van der Waals surface area contributed by atoms with E-state index in [-0.39, 0.29) is 5.60 Å². The minimum absolute atomic E-state index is 0.0687. The summed E-state index contributed by atoms with van der Waals surface area (Å²) >= 11 is 1.74. The topological polar surface area (TPSA) is 55.2 Å². The lowest BCUT2D eigenvalue weighted by atomic mass is 9.87. The molecule has 0 aromatic carbocycles. The van der Waals surface area contributed by atoms with Crippen LogP contribution in [0.15, 0.2) is 24.0 Å². The summed E-state index contributed by atoms with van der Waals surface area (Å²) in [6.45, 7) is 3.96. The lowest BCUT2D eigenvalue weighted by molar-refractivity contribution is -0.0448. The molecule has 1 spiro atoms. The zero-order valence-electron chi connectivity index (χ0n) is 13.4. The van der Waals surface area contributed by atoms with Crippen molar-refractivity contribution in [2.24, 2.45) is 7.05 Å². The van der Waals surface area contributed by atoms with Gasteiger partial charge < -0.3 is 10.1 Å². The Morgan fingerprint density at radius 3 is 3.00 bits per heavy atom. The monoisotopic (exact) mass is 333 g/mol. The van der Waals surface area contributed by atoms with Gasteiger partial charge in [0.2, 0.25) is 0 Å². The zero-order valence-corrected chi connectivity index (χ0v) is 14.3. The van der Waals surface area contributed by atoms with Gasteiger partial charge in [0.25, 0.3) is 0 Å². The Hall–Kier alpha value is -1.44. The molecular formula is C16H23N5OS. The second-order valence-electron chi connectivity index (χ2n) is 6.64. The van der Waals surface area contributed by atoms with Crippen LogP contribution in [0.3, 0.4) is 0 Å². The van der Waals surface area contributed by atoms with Crippen LogP contribution in [0.1, 0.15) is 24.3 Å². The number of anilines is 1. The molecular weight excluding hydrogens is 310 g/mol. The summed E-state index contributed by atoms with van der Waals surface area (Å²) in [5.74, 6) is 0. The lowest BCUT2D eigenvalue weighted by Crippen LogP contribution is -2.44. The molecule has 1 unspecified atom stereocenters. The third-order valence-electron chi connectivity index (χ3n) is 4.89. The highest BCUT2D eigenvalue weighted by atomic mass is 32.1. The van der Waals surface area contributed by atoms with Crippen molar-refractivity contribution in [1.29, 1.82) is 0 Å². The predicted octanol–water partition coefficient (Wildman–Crippen LogP) is 2.11. The summed E-state index contributed by atoms with van der Waals surface area (Å²) in [4.78, 5) is 6.88. The molecule has 0 saturated carbocycles. The SMILES string of the molecule is Cn1cc(NC2COC3(CCN(Cc4nccs4)CC3)C2)cn1. The van der Waals surface area contributed by atoms with Crippen LogP contribution in [-0.4, -0.2) is 51.0 Å². The van der Waals surface area contributed by atoms with E-state index in [1.54, 1.807) is 11.3 Å². The highest BCUT2D eigenvalue weighted by molar-refractivity contribution is 7.09. The first kappa shape index (κ1) is 15.1. The molecule has 2 aliphatic rings. The van der Waals surface area contributed by atoms with Gasteiger partial charge in [0, 0.05) is 37.9 Å². The van der Waals surface area contributed by atoms with Crippen molar-refractivity contribution in [1.82, 2.24) is 19.7 Å². The number of aryl methyl sites for hydroxylation is 1. The summed E-state index contributed by atoms with van der Waals surface area (Å²) in [6.07, 6.45) is 9.10. The van der Waals surface area contributed by atoms with Crippen LogP contribution >= 0.6 is 11.3 Å². The number of rotatable bonds is 4. The molecule has 2 aromatic heterocycles. The molecule has 0 aliphatic carbocycles. The Kier molecular flexibility index (Phi) is 4.09. The van der Waals surface area contributed by atoms with Gasteiger partial charge in [-0.15, -0.1) is 11.3 Å². The van der Waals surface area contributed by atoms with Gasteiger partial charge in [-0.05, 0) is 19.3 Å². The second-order valence-corrected chi connectivity index (χ2v) is 7.62. The summed E-state index contributed by atoms with van der Waals surface area (Å²) < 4.78 is 8.05. The summed E-state index contributed by atoms with van der Waals surface area (Å²) in [7, 11) is 1.94. The third kappa shape index (κ3) is 3.41. The number of nitrogens with one attached hydrogen (secondary N) is 1. The Bertz CT molecular complexity index is 633. The molecule has 1 N–H and O–H groups in total. The zero-order chi connectivity index (χ0) is 15.7. The Balaban J connectivity index is 1.29. The van der Waals surface area contributed by atoms with E-state index in [1.807, 2.05) is 30.3 Å². The van der Waals surface area contributed by atoms with E-state index in [0.717, 1.165) is 51.2 Å². The number of hydrogen-bond donors (Lipinski definition) is 1. The van der Waals surface area contributed by atoms with E-state index in [0.29, 0.717) is 6.04 Å². The van der Waals surface area contributed by atoms with Crippen molar-refractivity contribution >= 4 is 17.0 Å². The second kappa shape index (κ2) is 6.22. The minimum atomic E-state index is 0.0687. The number of piperidine rings is 1. The van der Waals surface area contributed by atoms with Crippen LogP contribution in [0.5, 0.6) is 0 Å². The average Bonchev–Trinajstić information content (AvgIpc) is 3.26. The van der Waals surface area contributed by atoms with Crippen LogP contribution in [-0.2, 0) is 18.3 Å². The van der Waals surface area contributed by atoms with Crippen molar-refractivity contribution < 1.29 is 4.74 Å². The van der Waals surface area contributed by atoms with E-state index in [4.69, 9.17) is 4.74 Å². The first-order valence-electron chi connectivity index (χ1n) is 8.21. The molecule has 0 radical (unpaired) electrons. The number of likely N-dealkylation sites (tertiary alicyclic amines) is 1. The quantitative estimate of drug-likeness (QED) is 0.929. The van der Waals surface area contributed by atoms with Crippen LogP contribution in [0.4, 0.5) is 5.69 Å². The van der Waals surface area contributed by atoms with Gasteiger partial charge in [-0.3, -0.25) is 9.58 Å². The Morgan fingerprint density at radius 1 is 1.43 bits per heavy atom. The summed E-state index contributed by atoms with van der Waals surface area (Å²) in [5.41, 5.74) is 1.15. The molecule has 6 nitrogen and oxygen atoms in total. The maximum Gasteiger partial charge on any atom is 0.107 e. The maximum atomic E-state index is 6.23. The lowest BCUT2D eigenvalue weighted by Gasteiger charge is -2.38. The third-order valence-corrected chi connectivity index (χ3v) is 5.66. The van der Waals surface area contributed by atoms with E-state index in [2.05, 4.69) is 25.7 Å². The molecule has 124 valence electrons. The summed E-state index contributed by atoms with van der Waals surface area (Å²) in [5, 5.41) is 11.0. The number of hydrogen-bond acceptors (Lipinski definition) is 6. The van der Waals surface area contributed by atoms with Crippen LogP contribution in [0.25, 0.3) is 0 Å². The van der Waals surface area contributed by atoms with E-state index >= 15 is 0 Å². The fourth-order valence-corrected chi connectivity index (χ4v) is 4.32. The van der Waals surface area contributed by atoms with Gasteiger partial charge in [-0.1, -0.05) is 0 Å². The van der Waals surface area contributed by atoms with Crippen molar-refractivity contribution in [2.45, 2.75) is 37.5 Å². The largest absolute Gasteiger partial charge is 0.377 e. The van der Waals surface area contributed by atoms with Gasteiger partial charge in [0.05, 0.1) is 36.7 Å². The molecule has 2 fully saturated rings. The van der Waals surface area contributed by atoms with Crippen LogP contribution < -0.4 is 5.32 Å². The first-order valence-corrected chi connectivity index (χ1v) is 9.09. The first-order chi connectivity index (χ1) is 11.2. The maximum absolute atomic E-state index is 6.23. The van der Waals surface area contributed by atoms with Gasteiger partial charge in [0.1, 0.15) is 5.01 Å². The predicted molar refractivity (Wildman–Crippen MR) is 90.5 cm³/mol. The fourth-order valence-electron chi connectivity index (χ4n) is 3.66. The van der Waals surface area contributed by atoms with E-state index in [9.17, 15) is 0 Å². The fraction of sp³-hybridized carbons (Fsp3) is 0.625. The van der Waals surface area contributed by atoms with Crippen LogP contribution in [0.2, 0.25) is 0 Å². The van der Waals surface area contributed by atoms with Crippen molar-refractivity contribution in [3.05, 3.63) is 29.0 Å². The van der Waals surface area contributed by atoms with E-state index < -0.39 is 0 Å². The van der Waals surface area contributed by atoms with Gasteiger partial charge in [-0.2, -0.15) is 5.10 Å². The van der Waals surface area contributed by atoms with Crippen molar-refractivity contribution in [2.75, 3.05) is 25.0 Å². The molecule has 23 heavy (non-hydrogen) atoms. The molecule has 4 rings (SSSR count). The molecule has 1 atom stereocenters. The number of aromatic nitrogens is 3. The number of ether oxygens (including phenoxy) is 1. The molecule has 4 heterocycles. The van der Waals surface area contributed by atoms with Crippen LogP contribution in [0, 0.1) is 0 Å². The normalized spacial score (nSPS) is 24.3. The Labute approximate surface area is 140 Å². The molecule has 0 amide bonds. The minimum Gasteiger partial charge on any atom is -0.377 e. The molecule has 7 heteroatoms. The van der Waals surface area contributed by atoms with Gasteiger partial charge in [-0.25, -0.2) is 4.98 Å². The number of thiazole rings is 1.